The van der Waals surface area contributed by atoms with Gasteiger partial charge in [0.05, 0.1) is 18.2 Å². The van der Waals surface area contributed by atoms with Crippen molar-refractivity contribution in [2.45, 2.75) is 46.6 Å². The molecular formula is C20H26N4O2. The fourth-order valence-electron chi connectivity index (χ4n) is 3.31. The molecule has 1 N–H and O–H groups in total. The van der Waals surface area contributed by atoms with E-state index in [-0.39, 0.29) is 30.2 Å². The molecule has 1 aromatic carbocycles. The average Bonchev–Trinajstić information content (AvgIpc) is 3.23. The van der Waals surface area contributed by atoms with E-state index >= 15 is 0 Å². The third-order valence-electron chi connectivity index (χ3n) is 5.29. The molecule has 2 aromatic rings. The maximum atomic E-state index is 12.7. The van der Waals surface area contributed by atoms with Crippen molar-refractivity contribution < 1.29 is 9.59 Å². The van der Waals surface area contributed by atoms with E-state index in [2.05, 4.69) is 24.3 Å². The average molecular weight is 354 g/mol. The van der Waals surface area contributed by atoms with E-state index in [4.69, 9.17) is 0 Å². The highest BCUT2D eigenvalue weighted by Gasteiger charge is 2.36. The second kappa shape index (κ2) is 7.32. The molecule has 1 aliphatic rings. The van der Waals surface area contributed by atoms with E-state index < -0.39 is 0 Å². The molecule has 0 saturated carbocycles. The van der Waals surface area contributed by atoms with E-state index in [0.717, 1.165) is 23.2 Å². The van der Waals surface area contributed by atoms with Crippen molar-refractivity contribution in [1.29, 1.82) is 0 Å². The third kappa shape index (κ3) is 3.36. The van der Waals surface area contributed by atoms with Gasteiger partial charge in [-0.25, -0.2) is 4.68 Å². The van der Waals surface area contributed by atoms with Crippen LogP contribution in [0.5, 0.6) is 0 Å². The number of carbonyl (C=O) groups excluding carboxylic acids is 2. The van der Waals surface area contributed by atoms with E-state index in [0.29, 0.717) is 12.4 Å². The molecule has 1 aliphatic heterocycles. The maximum absolute atomic E-state index is 12.7. The Bertz CT molecular complexity index is 827. The summed E-state index contributed by atoms with van der Waals surface area (Å²) in [6.07, 6.45) is 2.84. The van der Waals surface area contributed by atoms with Crippen LogP contribution in [0.2, 0.25) is 0 Å². The largest absolute Gasteiger partial charge is 0.311 e. The van der Waals surface area contributed by atoms with E-state index in [1.54, 1.807) is 17.2 Å². The van der Waals surface area contributed by atoms with Gasteiger partial charge in [-0.2, -0.15) is 5.10 Å². The molecule has 6 nitrogen and oxygen atoms in total. The Hall–Kier alpha value is -2.63. The van der Waals surface area contributed by atoms with Crippen molar-refractivity contribution in [2.24, 2.45) is 5.92 Å². The van der Waals surface area contributed by atoms with Gasteiger partial charge in [0.2, 0.25) is 11.8 Å². The van der Waals surface area contributed by atoms with Crippen molar-refractivity contribution in [1.82, 2.24) is 9.78 Å². The predicted octanol–water partition coefficient (Wildman–Crippen LogP) is 3.46. The minimum Gasteiger partial charge on any atom is -0.311 e. The van der Waals surface area contributed by atoms with Gasteiger partial charge in [-0.1, -0.05) is 19.1 Å². The second-order valence-electron chi connectivity index (χ2n) is 7.03. The molecule has 2 atom stereocenters. The number of hydrogen-bond acceptors (Lipinski definition) is 3. The third-order valence-corrected chi connectivity index (χ3v) is 5.29. The van der Waals surface area contributed by atoms with Gasteiger partial charge in [-0.15, -0.1) is 0 Å². The molecule has 0 radical (unpaired) electrons. The van der Waals surface area contributed by atoms with Gasteiger partial charge in [0.1, 0.15) is 5.82 Å². The minimum atomic E-state index is -0.359. The Labute approximate surface area is 154 Å². The monoisotopic (exact) mass is 354 g/mol. The minimum absolute atomic E-state index is 0.00529. The van der Waals surface area contributed by atoms with E-state index in [1.807, 2.05) is 36.7 Å². The van der Waals surface area contributed by atoms with E-state index in [1.165, 1.54) is 0 Å². The molecule has 3 rings (SSSR count). The smallest absolute Gasteiger partial charge is 0.230 e. The number of hydrogen-bond donors (Lipinski definition) is 1. The van der Waals surface area contributed by atoms with Crippen LogP contribution in [0.15, 0.2) is 30.5 Å². The van der Waals surface area contributed by atoms with Crippen LogP contribution in [-0.4, -0.2) is 28.1 Å². The van der Waals surface area contributed by atoms with Gasteiger partial charge >= 0.3 is 0 Å². The first-order valence-corrected chi connectivity index (χ1v) is 9.13. The molecule has 0 spiro atoms. The molecule has 2 unspecified atom stereocenters. The standard InChI is InChI=1S/C20H26N4O2/c1-5-14(3)24-18(9-10-21-24)22-20(26)16-11-19(25)23(12-16)17-8-6-7-13(2)15(17)4/h6-10,14,16H,5,11-12H2,1-4H3,(H,22,26). The Kier molecular flexibility index (Phi) is 5.11. The highest BCUT2D eigenvalue weighted by Crippen LogP contribution is 2.30. The lowest BCUT2D eigenvalue weighted by Gasteiger charge is -2.20. The maximum Gasteiger partial charge on any atom is 0.230 e. The fraction of sp³-hybridized carbons (Fsp3) is 0.450. The van der Waals surface area contributed by atoms with Crippen LogP contribution >= 0.6 is 0 Å². The van der Waals surface area contributed by atoms with Crippen LogP contribution in [0.4, 0.5) is 11.5 Å². The molecule has 2 amide bonds. The highest BCUT2D eigenvalue weighted by molar-refractivity contribution is 6.03. The van der Waals surface area contributed by atoms with Crippen molar-refractivity contribution in [3.05, 3.63) is 41.6 Å². The number of rotatable bonds is 5. The molecular weight excluding hydrogens is 328 g/mol. The lowest BCUT2D eigenvalue weighted by Crippen LogP contribution is -2.29. The summed E-state index contributed by atoms with van der Waals surface area (Å²) in [6.45, 7) is 8.59. The Morgan fingerprint density at radius 1 is 1.35 bits per heavy atom. The molecule has 6 heteroatoms. The molecule has 26 heavy (non-hydrogen) atoms. The van der Waals surface area contributed by atoms with Crippen LogP contribution < -0.4 is 10.2 Å². The van der Waals surface area contributed by atoms with Gasteiger partial charge in [0, 0.05) is 24.7 Å². The first-order valence-electron chi connectivity index (χ1n) is 9.13. The van der Waals surface area contributed by atoms with Crippen LogP contribution in [0.3, 0.4) is 0 Å². The highest BCUT2D eigenvalue weighted by atomic mass is 16.2. The molecule has 0 bridgehead atoms. The lowest BCUT2D eigenvalue weighted by atomic mass is 10.1. The number of anilines is 2. The predicted molar refractivity (Wildman–Crippen MR) is 102 cm³/mol. The van der Waals surface area contributed by atoms with Gasteiger partial charge in [-0.3, -0.25) is 9.59 Å². The number of aryl methyl sites for hydroxylation is 1. The summed E-state index contributed by atoms with van der Waals surface area (Å²) >= 11 is 0. The number of nitrogens with zero attached hydrogens (tertiary/aromatic N) is 3. The molecule has 2 heterocycles. The summed E-state index contributed by atoms with van der Waals surface area (Å²) in [5.41, 5.74) is 3.12. The topological polar surface area (TPSA) is 67.2 Å². The number of carbonyl (C=O) groups is 2. The van der Waals surface area contributed by atoms with Gasteiger partial charge in [-0.05, 0) is 44.4 Å². The Balaban J connectivity index is 1.74. The summed E-state index contributed by atoms with van der Waals surface area (Å²) in [5, 5.41) is 7.24. The second-order valence-corrected chi connectivity index (χ2v) is 7.03. The zero-order valence-corrected chi connectivity index (χ0v) is 15.8. The Morgan fingerprint density at radius 3 is 2.85 bits per heavy atom. The lowest BCUT2D eigenvalue weighted by molar-refractivity contribution is -0.122. The summed E-state index contributed by atoms with van der Waals surface area (Å²) in [5.74, 6) is 0.190. The zero-order chi connectivity index (χ0) is 18.8. The van der Waals surface area contributed by atoms with Crippen molar-refractivity contribution >= 4 is 23.3 Å². The normalized spacial score (nSPS) is 18.2. The molecule has 1 saturated heterocycles. The number of amides is 2. The van der Waals surface area contributed by atoms with Crippen LogP contribution in [0.1, 0.15) is 43.9 Å². The SMILES string of the molecule is CCC(C)n1nccc1NC(=O)C1CC(=O)N(c2cccc(C)c2C)C1. The first-order chi connectivity index (χ1) is 12.4. The molecule has 0 aliphatic carbocycles. The number of benzene rings is 1. The number of aromatic nitrogens is 2. The summed E-state index contributed by atoms with van der Waals surface area (Å²) in [7, 11) is 0. The first kappa shape index (κ1) is 18.2. The van der Waals surface area contributed by atoms with Gasteiger partial charge < -0.3 is 10.2 Å². The van der Waals surface area contributed by atoms with Gasteiger partial charge in [0.15, 0.2) is 0 Å². The summed E-state index contributed by atoms with van der Waals surface area (Å²) in [4.78, 5) is 27.0. The van der Waals surface area contributed by atoms with Crippen molar-refractivity contribution in [2.75, 3.05) is 16.8 Å². The summed E-state index contributed by atoms with van der Waals surface area (Å²) < 4.78 is 1.82. The van der Waals surface area contributed by atoms with E-state index in [9.17, 15) is 9.59 Å². The van der Waals surface area contributed by atoms with Crippen LogP contribution in [0.25, 0.3) is 0 Å². The van der Waals surface area contributed by atoms with Crippen LogP contribution in [0, 0.1) is 19.8 Å². The summed E-state index contributed by atoms with van der Waals surface area (Å²) in [6, 6.07) is 7.92. The fourth-order valence-corrected chi connectivity index (χ4v) is 3.31. The van der Waals surface area contributed by atoms with Crippen LogP contribution in [-0.2, 0) is 9.59 Å². The zero-order valence-electron chi connectivity index (χ0n) is 15.8. The molecule has 138 valence electrons. The van der Waals surface area contributed by atoms with Gasteiger partial charge in [0.25, 0.3) is 0 Å². The Morgan fingerprint density at radius 2 is 2.12 bits per heavy atom. The molecule has 1 fully saturated rings. The van der Waals surface area contributed by atoms with Crippen molar-refractivity contribution in [3.8, 4) is 0 Å². The quantitative estimate of drug-likeness (QED) is 0.894. The number of nitrogens with one attached hydrogen (secondary N) is 1. The molecule has 1 aromatic heterocycles. The van der Waals surface area contributed by atoms with Crippen molar-refractivity contribution in [3.63, 3.8) is 0 Å².